The highest BCUT2D eigenvalue weighted by atomic mass is 32.1. The first-order valence-electron chi connectivity index (χ1n) is 13.8. The average Bonchev–Trinajstić information content (AvgIpc) is 3.76. The molecule has 11 heteroatoms. The van der Waals surface area contributed by atoms with Gasteiger partial charge in [-0.05, 0) is 30.2 Å². The second kappa shape index (κ2) is 13.7. The van der Waals surface area contributed by atoms with E-state index in [4.69, 9.17) is 0 Å². The number of amides is 2. The number of hydrogen-bond donors (Lipinski definition) is 0. The molecule has 2 saturated heterocycles. The van der Waals surface area contributed by atoms with E-state index in [0.29, 0.717) is 12.8 Å². The normalized spacial score (nSPS) is 15.6. The van der Waals surface area contributed by atoms with E-state index in [-0.39, 0.29) is 11.8 Å². The Balaban J connectivity index is 0.000000184. The van der Waals surface area contributed by atoms with Gasteiger partial charge in [-0.1, -0.05) is 19.1 Å². The highest BCUT2D eigenvalue weighted by Crippen LogP contribution is 2.21. The number of nitrogens with zero attached hydrogens (tertiary/aromatic N) is 7. The van der Waals surface area contributed by atoms with Crippen LogP contribution in [-0.4, -0.2) is 88.9 Å². The number of anilines is 2. The first-order valence-corrected chi connectivity index (χ1v) is 15.5. The molecule has 0 unspecified atom stereocenters. The SMILES string of the molecule is CCC(=O)N1CCN(c2nccs2)CC1.O=C(CCc1ccc2ncccc2c1)N1CCN(c2nccs2)CC1. The molecule has 0 saturated carbocycles. The summed E-state index contributed by atoms with van der Waals surface area (Å²) in [4.78, 5) is 45.3. The Morgan fingerprint density at radius 1 is 0.750 bits per heavy atom. The van der Waals surface area contributed by atoms with Gasteiger partial charge in [0.15, 0.2) is 10.3 Å². The molecule has 6 rings (SSSR count). The number of aryl methyl sites for hydroxylation is 1. The van der Waals surface area contributed by atoms with E-state index < -0.39 is 0 Å². The Labute approximate surface area is 243 Å². The van der Waals surface area contributed by atoms with Crippen LogP contribution in [-0.2, 0) is 16.0 Å². The van der Waals surface area contributed by atoms with Crippen LogP contribution >= 0.6 is 22.7 Å². The van der Waals surface area contributed by atoms with Crippen LogP contribution in [0.25, 0.3) is 10.9 Å². The van der Waals surface area contributed by atoms with Gasteiger partial charge >= 0.3 is 0 Å². The summed E-state index contributed by atoms with van der Waals surface area (Å²) < 4.78 is 0. The van der Waals surface area contributed by atoms with Gasteiger partial charge in [0.05, 0.1) is 5.52 Å². The fourth-order valence-corrected chi connectivity index (χ4v) is 6.35. The molecule has 0 bridgehead atoms. The van der Waals surface area contributed by atoms with Gasteiger partial charge in [0.25, 0.3) is 0 Å². The molecule has 210 valence electrons. The lowest BCUT2D eigenvalue weighted by Gasteiger charge is -2.34. The summed E-state index contributed by atoms with van der Waals surface area (Å²) >= 11 is 3.31. The fourth-order valence-electron chi connectivity index (χ4n) is 4.95. The number of pyridine rings is 1. The molecule has 0 aliphatic carbocycles. The second-order valence-electron chi connectivity index (χ2n) is 9.75. The van der Waals surface area contributed by atoms with Crippen molar-refractivity contribution in [1.29, 1.82) is 0 Å². The molecule has 2 aliphatic rings. The van der Waals surface area contributed by atoms with Gasteiger partial charge < -0.3 is 19.6 Å². The van der Waals surface area contributed by atoms with E-state index in [0.717, 1.165) is 79.9 Å². The van der Waals surface area contributed by atoms with Crippen LogP contribution in [0.5, 0.6) is 0 Å². The number of rotatable bonds is 6. The Morgan fingerprint density at radius 2 is 1.35 bits per heavy atom. The largest absolute Gasteiger partial charge is 0.345 e. The minimum atomic E-state index is 0.241. The summed E-state index contributed by atoms with van der Waals surface area (Å²) in [5.41, 5.74) is 2.19. The fraction of sp³-hybridized carbons (Fsp3) is 0.414. The molecule has 0 atom stereocenters. The van der Waals surface area contributed by atoms with Crippen LogP contribution in [0.1, 0.15) is 25.3 Å². The Hall–Kier alpha value is -3.57. The number of thiazole rings is 2. The highest BCUT2D eigenvalue weighted by Gasteiger charge is 2.22. The number of aromatic nitrogens is 3. The molecule has 40 heavy (non-hydrogen) atoms. The third kappa shape index (κ3) is 7.14. The predicted molar refractivity (Wildman–Crippen MR) is 162 cm³/mol. The topological polar surface area (TPSA) is 85.8 Å². The molecule has 3 aromatic heterocycles. The molecule has 5 heterocycles. The minimum absolute atomic E-state index is 0.241. The number of piperazine rings is 2. The van der Waals surface area contributed by atoms with Gasteiger partial charge in [0.1, 0.15) is 0 Å². The lowest BCUT2D eigenvalue weighted by atomic mass is 10.1. The van der Waals surface area contributed by atoms with Crippen molar-refractivity contribution >= 4 is 55.7 Å². The van der Waals surface area contributed by atoms with Crippen molar-refractivity contribution in [3.05, 3.63) is 65.2 Å². The van der Waals surface area contributed by atoms with E-state index >= 15 is 0 Å². The third-order valence-electron chi connectivity index (χ3n) is 7.24. The maximum atomic E-state index is 12.5. The molecule has 2 amide bonds. The van der Waals surface area contributed by atoms with Gasteiger partial charge in [0.2, 0.25) is 11.8 Å². The molecule has 0 N–H and O–H groups in total. The Morgan fingerprint density at radius 3 is 1.90 bits per heavy atom. The Kier molecular flexibility index (Phi) is 9.56. The van der Waals surface area contributed by atoms with Crippen molar-refractivity contribution in [2.75, 3.05) is 62.2 Å². The van der Waals surface area contributed by atoms with E-state index in [1.807, 2.05) is 52.0 Å². The monoisotopic (exact) mass is 577 g/mol. The van der Waals surface area contributed by atoms with E-state index in [1.54, 1.807) is 28.9 Å². The molecule has 2 fully saturated rings. The summed E-state index contributed by atoms with van der Waals surface area (Å²) in [5, 5.41) is 7.23. The molecule has 0 radical (unpaired) electrons. The lowest BCUT2D eigenvalue weighted by molar-refractivity contribution is -0.132. The average molecular weight is 578 g/mol. The van der Waals surface area contributed by atoms with Crippen molar-refractivity contribution < 1.29 is 9.59 Å². The summed E-state index contributed by atoms with van der Waals surface area (Å²) in [6.07, 6.45) is 7.40. The highest BCUT2D eigenvalue weighted by molar-refractivity contribution is 7.13. The summed E-state index contributed by atoms with van der Waals surface area (Å²) in [7, 11) is 0. The number of fused-ring (bicyclic) bond motifs is 1. The van der Waals surface area contributed by atoms with Crippen LogP contribution < -0.4 is 9.80 Å². The van der Waals surface area contributed by atoms with Crippen LogP contribution in [0, 0.1) is 0 Å². The molecule has 9 nitrogen and oxygen atoms in total. The minimum Gasteiger partial charge on any atom is -0.345 e. The van der Waals surface area contributed by atoms with Crippen molar-refractivity contribution in [2.24, 2.45) is 0 Å². The van der Waals surface area contributed by atoms with Crippen molar-refractivity contribution in [2.45, 2.75) is 26.2 Å². The van der Waals surface area contributed by atoms with E-state index in [2.05, 4.69) is 43.0 Å². The number of carbonyl (C=O) groups is 2. The smallest absolute Gasteiger partial charge is 0.223 e. The summed E-state index contributed by atoms with van der Waals surface area (Å²) in [6, 6.07) is 10.2. The van der Waals surface area contributed by atoms with Crippen LogP contribution in [0.15, 0.2) is 59.7 Å². The zero-order chi connectivity index (χ0) is 27.7. The van der Waals surface area contributed by atoms with Gasteiger partial charge in [-0.25, -0.2) is 9.97 Å². The van der Waals surface area contributed by atoms with Crippen LogP contribution in [0.3, 0.4) is 0 Å². The molecule has 0 spiro atoms. The van der Waals surface area contributed by atoms with Gasteiger partial charge in [-0.2, -0.15) is 0 Å². The number of carbonyl (C=O) groups excluding carboxylic acids is 2. The molecular formula is C29H35N7O2S2. The number of benzene rings is 1. The first-order chi connectivity index (χ1) is 19.6. The number of hydrogen-bond acceptors (Lipinski definition) is 9. The predicted octanol–water partition coefficient (Wildman–Crippen LogP) is 4.17. The lowest BCUT2D eigenvalue weighted by Crippen LogP contribution is -2.48. The van der Waals surface area contributed by atoms with Gasteiger partial charge in [-0.3, -0.25) is 14.6 Å². The van der Waals surface area contributed by atoms with Crippen molar-refractivity contribution in [3.63, 3.8) is 0 Å². The molecule has 2 aliphatic heterocycles. The van der Waals surface area contributed by atoms with Gasteiger partial charge in [0, 0.05) is 99.9 Å². The third-order valence-corrected chi connectivity index (χ3v) is 8.91. The summed E-state index contributed by atoms with van der Waals surface area (Å²) in [5.74, 6) is 0.499. The summed E-state index contributed by atoms with van der Waals surface area (Å²) in [6.45, 7) is 8.65. The van der Waals surface area contributed by atoms with Crippen molar-refractivity contribution in [3.8, 4) is 0 Å². The Bertz CT molecular complexity index is 1360. The quantitative estimate of drug-likeness (QED) is 0.340. The zero-order valence-corrected chi connectivity index (χ0v) is 24.4. The van der Waals surface area contributed by atoms with Crippen LogP contribution in [0.4, 0.5) is 10.3 Å². The zero-order valence-electron chi connectivity index (χ0n) is 22.8. The van der Waals surface area contributed by atoms with E-state index in [1.165, 1.54) is 5.56 Å². The second-order valence-corrected chi connectivity index (χ2v) is 11.5. The molecular weight excluding hydrogens is 543 g/mol. The van der Waals surface area contributed by atoms with E-state index in [9.17, 15) is 9.59 Å². The standard InChI is InChI=1S/C19H20N4OS.C10H15N3OS/c24-18(22-9-11-23(12-10-22)19-21-8-13-25-19)6-4-15-3-5-17-16(14-15)2-1-7-20-17;1-2-9(14)12-4-6-13(7-5-12)10-11-3-8-15-10/h1-3,5,7-8,13-14H,4,6,9-12H2;3,8H,2,4-7H2,1H3. The van der Waals surface area contributed by atoms with Crippen molar-refractivity contribution in [1.82, 2.24) is 24.8 Å². The maximum Gasteiger partial charge on any atom is 0.223 e. The first kappa shape index (κ1) is 28.0. The molecule has 1 aromatic carbocycles. The van der Waals surface area contributed by atoms with Crippen LogP contribution in [0.2, 0.25) is 0 Å². The van der Waals surface area contributed by atoms with Gasteiger partial charge in [-0.15, -0.1) is 22.7 Å². The maximum absolute atomic E-state index is 12.5. The molecule has 4 aromatic rings.